The number of amides is 2. The summed E-state index contributed by atoms with van der Waals surface area (Å²) in [6.45, 7) is 7.22. The van der Waals surface area contributed by atoms with Gasteiger partial charge >= 0.3 is 0 Å². The monoisotopic (exact) mass is 629 g/mol. The molecule has 9 heteroatoms. The normalized spacial score (nSPS) is 12.6. The number of hydrogen-bond donors (Lipinski definition) is 1. The van der Waals surface area contributed by atoms with Gasteiger partial charge in [0.2, 0.25) is 11.8 Å². The van der Waals surface area contributed by atoms with E-state index in [0.29, 0.717) is 6.42 Å². The molecule has 0 bridgehead atoms. The third kappa shape index (κ3) is 8.79. The summed E-state index contributed by atoms with van der Waals surface area (Å²) < 4.78 is 42.8. The maximum atomic E-state index is 14.5. The second-order valence-electron chi connectivity index (χ2n) is 11.3. The van der Waals surface area contributed by atoms with Crippen LogP contribution in [0.1, 0.15) is 42.5 Å². The highest BCUT2D eigenvalue weighted by molar-refractivity contribution is 7.92. The molecule has 7 nitrogen and oxygen atoms in total. The lowest BCUT2D eigenvalue weighted by Crippen LogP contribution is -2.54. The van der Waals surface area contributed by atoms with Crippen LogP contribution in [0, 0.1) is 19.7 Å². The Morgan fingerprint density at radius 2 is 1.38 bits per heavy atom. The maximum Gasteiger partial charge on any atom is 0.264 e. The van der Waals surface area contributed by atoms with Gasteiger partial charge in [0, 0.05) is 19.0 Å². The van der Waals surface area contributed by atoms with Crippen LogP contribution in [0.25, 0.3) is 0 Å². The zero-order valence-corrected chi connectivity index (χ0v) is 26.9. The zero-order valence-electron chi connectivity index (χ0n) is 26.1. The van der Waals surface area contributed by atoms with Crippen LogP contribution >= 0.6 is 0 Å². The highest BCUT2D eigenvalue weighted by Crippen LogP contribution is 2.26. The van der Waals surface area contributed by atoms with Crippen molar-refractivity contribution in [2.45, 2.75) is 64.1 Å². The van der Waals surface area contributed by atoms with Gasteiger partial charge in [0.1, 0.15) is 18.4 Å². The Balaban J connectivity index is 1.80. The van der Waals surface area contributed by atoms with E-state index in [1.165, 1.54) is 17.0 Å². The van der Waals surface area contributed by atoms with E-state index in [1.807, 2.05) is 82.3 Å². The van der Waals surface area contributed by atoms with Gasteiger partial charge in [0.15, 0.2) is 0 Å². The number of sulfonamides is 1. The van der Waals surface area contributed by atoms with Crippen molar-refractivity contribution in [3.8, 4) is 0 Å². The molecule has 236 valence electrons. The number of hydrogen-bond acceptors (Lipinski definition) is 4. The lowest BCUT2D eigenvalue weighted by atomic mass is 10.0. The lowest BCUT2D eigenvalue weighted by molar-refractivity contribution is -0.140. The Hall–Kier alpha value is -4.50. The van der Waals surface area contributed by atoms with E-state index in [0.717, 1.165) is 38.7 Å². The van der Waals surface area contributed by atoms with Gasteiger partial charge in [0.05, 0.1) is 10.6 Å². The molecule has 0 aliphatic carbocycles. The van der Waals surface area contributed by atoms with Crippen LogP contribution in [-0.2, 0) is 32.6 Å². The van der Waals surface area contributed by atoms with Gasteiger partial charge in [-0.25, -0.2) is 12.8 Å². The first kappa shape index (κ1) is 33.4. The summed E-state index contributed by atoms with van der Waals surface area (Å²) in [4.78, 5) is 29.7. The molecule has 0 unspecified atom stereocenters. The van der Waals surface area contributed by atoms with Crippen molar-refractivity contribution in [2.24, 2.45) is 0 Å². The average Bonchev–Trinajstić information content (AvgIpc) is 3.03. The Kier molecular flexibility index (Phi) is 11.1. The highest BCUT2D eigenvalue weighted by Gasteiger charge is 2.35. The highest BCUT2D eigenvalue weighted by atomic mass is 32.2. The predicted molar refractivity (Wildman–Crippen MR) is 176 cm³/mol. The minimum absolute atomic E-state index is 0.0862. The fourth-order valence-corrected chi connectivity index (χ4v) is 6.27. The first-order valence-corrected chi connectivity index (χ1v) is 16.5. The van der Waals surface area contributed by atoms with E-state index in [2.05, 4.69) is 5.32 Å². The maximum absolute atomic E-state index is 14.5. The number of nitrogens with zero attached hydrogens (tertiary/aromatic N) is 2. The minimum Gasteiger partial charge on any atom is -0.352 e. The molecule has 0 saturated heterocycles. The van der Waals surface area contributed by atoms with Crippen LogP contribution in [0.15, 0.2) is 108 Å². The molecule has 4 aromatic rings. The van der Waals surface area contributed by atoms with Gasteiger partial charge in [-0.15, -0.1) is 0 Å². The molecule has 45 heavy (non-hydrogen) atoms. The summed E-state index contributed by atoms with van der Waals surface area (Å²) in [5.41, 5.74) is 3.89. The number of halogens is 1. The first-order valence-electron chi connectivity index (χ1n) is 15.0. The summed E-state index contributed by atoms with van der Waals surface area (Å²) >= 11 is 0. The van der Waals surface area contributed by atoms with Crippen LogP contribution in [0.5, 0.6) is 0 Å². The van der Waals surface area contributed by atoms with Crippen molar-refractivity contribution in [1.82, 2.24) is 10.2 Å². The quantitative estimate of drug-likeness (QED) is 0.191. The van der Waals surface area contributed by atoms with Crippen molar-refractivity contribution in [3.05, 3.63) is 131 Å². The summed E-state index contributed by atoms with van der Waals surface area (Å²) in [5, 5.41) is 3.03. The number of carbonyl (C=O) groups is 2. The molecule has 0 saturated carbocycles. The number of rotatable bonds is 13. The number of aryl methyl sites for hydroxylation is 2. The fourth-order valence-electron chi connectivity index (χ4n) is 4.86. The zero-order chi connectivity index (χ0) is 32.6. The smallest absolute Gasteiger partial charge is 0.264 e. The molecule has 4 rings (SSSR count). The molecule has 2 amide bonds. The Morgan fingerprint density at radius 1 is 0.800 bits per heavy atom. The minimum atomic E-state index is -4.30. The third-order valence-corrected chi connectivity index (χ3v) is 9.54. The van der Waals surface area contributed by atoms with Gasteiger partial charge in [0.25, 0.3) is 10.0 Å². The fraction of sp³-hybridized carbons (Fsp3) is 0.278. The lowest BCUT2D eigenvalue weighted by Gasteiger charge is -2.34. The van der Waals surface area contributed by atoms with Gasteiger partial charge < -0.3 is 10.2 Å². The SMILES string of the molecule is CC[C@H](C)NC(=O)[C@@H](Cc1ccccc1)N(Cc1ccc(C)cc1)C(=O)CN(c1ccc(C)cc1)S(=O)(=O)c1ccc(F)cc1. The molecule has 0 heterocycles. The molecule has 4 aromatic carbocycles. The molecule has 1 N–H and O–H groups in total. The number of nitrogens with one attached hydrogen (secondary N) is 1. The van der Waals surface area contributed by atoms with Crippen LogP contribution in [-0.4, -0.2) is 43.8 Å². The van der Waals surface area contributed by atoms with E-state index in [1.54, 1.807) is 24.3 Å². The molecule has 0 radical (unpaired) electrons. The van der Waals surface area contributed by atoms with Crippen molar-refractivity contribution in [2.75, 3.05) is 10.8 Å². The average molecular weight is 630 g/mol. The molecule has 0 spiro atoms. The van der Waals surface area contributed by atoms with Crippen molar-refractivity contribution < 1.29 is 22.4 Å². The third-order valence-electron chi connectivity index (χ3n) is 7.75. The van der Waals surface area contributed by atoms with Gasteiger partial charge in [-0.05, 0) is 74.7 Å². The van der Waals surface area contributed by atoms with E-state index >= 15 is 0 Å². The Morgan fingerprint density at radius 3 is 1.96 bits per heavy atom. The summed E-state index contributed by atoms with van der Waals surface area (Å²) in [6, 6.07) is 27.3. The molecule has 0 fully saturated rings. The predicted octanol–water partition coefficient (Wildman–Crippen LogP) is 6.19. The molecule has 0 aliphatic rings. The van der Waals surface area contributed by atoms with Crippen LogP contribution < -0.4 is 9.62 Å². The number of benzene rings is 4. The topological polar surface area (TPSA) is 86.8 Å². The Bertz CT molecular complexity index is 1680. The van der Waals surface area contributed by atoms with Crippen molar-refractivity contribution in [1.29, 1.82) is 0 Å². The summed E-state index contributed by atoms with van der Waals surface area (Å²) in [5.74, 6) is -1.45. The van der Waals surface area contributed by atoms with Crippen molar-refractivity contribution >= 4 is 27.5 Å². The van der Waals surface area contributed by atoms with Crippen LogP contribution in [0.2, 0.25) is 0 Å². The summed E-state index contributed by atoms with van der Waals surface area (Å²) in [7, 11) is -4.30. The van der Waals surface area contributed by atoms with Gasteiger partial charge in [-0.2, -0.15) is 0 Å². The second-order valence-corrected chi connectivity index (χ2v) is 13.2. The molecule has 0 aliphatic heterocycles. The van der Waals surface area contributed by atoms with E-state index < -0.39 is 34.3 Å². The van der Waals surface area contributed by atoms with E-state index in [-0.39, 0.29) is 35.5 Å². The van der Waals surface area contributed by atoms with E-state index in [9.17, 15) is 22.4 Å². The van der Waals surface area contributed by atoms with Crippen molar-refractivity contribution in [3.63, 3.8) is 0 Å². The Labute approximate surface area is 265 Å². The first-order chi connectivity index (χ1) is 21.5. The number of carbonyl (C=O) groups excluding carboxylic acids is 2. The number of anilines is 1. The molecular weight excluding hydrogens is 589 g/mol. The summed E-state index contributed by atoms with van der Waals surface area (Å²) in [6.07, 6.45) is 0.933. The molecular formula is C36H40FN3O4S. The van der Waals surface area contributed by atoms with Gasteiger partial charge in [-0.1, -0.05) is 84.8 Å². The van der Waals surface area contributed by atoms with Crippen LogP contribution in [0.4, 0.5) is 10.1 Å². The molecule has 2 atom stereocenters. The second kappa shape index (κ2) is 15.0. The largest absolute Gasteiger partial charge is 0.352 e. The van der Waals surface area contributed by atoms with Gasteiger partial charge in [-0.3, -0.25) is 13.9 Å². The van der Waals surface area contributed by atoms with E-state index in [4.69, 9.17) is 0 Å². The molecule has 0 aromatic heterocycles. The van der Waals surface area contributed by atoms with Crippen LogP contribution in [0.3, 0.4) is 0 Å². The standard InChI is InChI=1S/C36H40FN3O4S/c1-5-28(4)38-36(42)34(23-29-9-7-6-8-10-29)39(24-30-15-11-26(2)12-16-30)35(41)25-40(32-19-13-27(3)14-20-32)45(43,44)33-21-17-31(37)18-22-33/h6-22,28,34H,5,23-25H2,1-4H3,(H,38,42)/t28-,34+/m0/s1.